The third-order valence-electron chi connectivity index (χ3n) is 5.71. The SMILES string of the molecule is CC1(C)C(NC(=O)C2(CN)CCOCC2)C2CCOC21. The van der Waals surface area contributed by atoms with E-state index in [1.54, 1.807) is 0 Å². The second kappa shape index (κ2) is 4.97. The van der Waals surface area contributed by atoms with Crippen LogP contribution in [-0.4, -0.2) is 44.4 Å². The number of fused-ring (bicyclic) bond motifs is 1. The summed E-state index contributed by atoms with van der Waals surface area (Å²) in [6.45, 7) is 6.86. The van der Waals surface area contributed by atoms with E-state index in [0.29, 0.717) is 31.8 Å². The summed E-state index contributed by atoms with van der Waals surface area (Å²) in [6, 6.07) is 0.216. The molecule has 3 atom stereocenters. The first-order valence-corrected chi connectivity index (χ1v) is 7.72. The fraction of sp³-hybridized carbons (Fsp3) is 0.933. The molecular weight excluding hydrogens is 256 g/mol. The van der Waals surface area contributed by atoms with Gasteiger partial charge in [0.2, 0.25) is 5.91 Å². The van der Waals surface area contributed by atoms with E-state index in [1.165, 1.54) is 0 Å². The zero-order chi connectivity index (χ0) is 14.4. The van der Waals surface area contributed by atoms with Crippen molar-refractivity contribution in [2.45, 2.75) is 45.3 Å². The van der Waals surface area contributed by atoms with Crippen molar-refractivity contribution in [1.29, 1.82) is 0 Å². The molecule has 0 spiro atoms. The summed E-state index contributed by atoms with van der Waals surface area (Å²) in [5.41, 5.74) is 5.50. The Bertz CT molecular complexity index is 391. The van der Waals surface area contributed by atoms with Crippen molar-refractivity contribution in [3.8, 4) is 0 Å². The summed E-state index contributed by atoms with van der Waals surface area (Å²) in [5.74, 6) is 0.593. The van der Waals surface area contributed by atoms with Crippen molar-refractivity contribution in [1.82, 2.24) is 5.32 Å². The molecule has 2 saturated heterocycles. The van der Waals surface area contributed by atoms with E-state index in [9.17, 15) is 4.79 Å². The van der Waals surface area contributed by atoms with Crippen LogP contribution >= 0.6 is 0 Å². The number of rotatable bonds is 3. The zero-order valence-electron chi connectivity index (χ0n) is 12.5. The number of hydrogen-bond acceptors (Lipinski definition) is 4. The quantitative estimate of drug-likeness (QED) is 0.798. The van der Waals surface area contributed by atoms with Crippen LogP contribution in [-0.2, 0) is 14.3 Å². The van der Waals surface area contributed by atoms with E-state index in [1.807, 2.05) is 0 Å². The van der Waals surface area contributed by atoms with Crippen molar-refractivity contribution >= 4 is 5.91 Å². The Labute approximate surface area is 120 Å². The molecule has 3 rings (SSSR count). The van der Waals surface area contributed by atoms with Crippen molar-refractivity contribution in [3.63, 3.8) is 0 Å². The predicted octanol–water partition coefficient (Wildman–Crippen LogP) is 0.672. The smallest absolute Gasteiger partial charge is 0.227 e. The minimum Gasteiger partial charge on any atom is -0.381 e. The Morgan fingerprint density at radius 3 is 2.65 bits per heavy atom. The van der Waals surface area contributed by atoms with Crippen LogP contribution in [0.15, 0.2) is 0 Å². The first-order chi connectivity index (χ1) is 9.51. The van der Waals surface area contributed by atoms with Crippen LogP contribution in [0.2, 0.25) is 0 Å². The number of nitrogens with one attached hydrogen (secondary N) is 1. The Morgan fingerprint density at radius 2 is 2.00 bits per heavy atom. The van der Waals surface area contributed by atoms with E-state index in [0.717, 1.165) is 25.9 Å². The summed E-state index contributed by atoms with van der Waals surface area (Å²) < 4.78 is 11.2. The second-order valence-corrected chi connectivity index (χ2v) is 7.11. The van der Waals surface area contributed by atoms with E-state index in [-0.39, 0.29) is 17.4 Å². The van der Waals surface area contributed by atoms with Crippen LogP contribution in [0.5, 0.6) is 0 Å². The lowest BCUT2D eigenvalue weighted by Crippen LogP contribution is -2.68. The summed E-state index contributed by atoms with van der Waals surface area (Å²) in [5, 5.41) is 3.29. The van der Waals surface area contributed by atoms with Crippen molar-refractivity contribution in [3.05, 3.63) is 0 Å². The lowest BCUT2D eigenvalue weighted by molar-refractivity contribution is -0.149. The Balaban J connectivity index is 1.69. The lowest BCUT2D eigenvalue weighted by atomic mass is 9.57. The topological polar surface area (TPSA) is 73.6 Å². The molecule has 5 heteroatoms. The highest BCUT2D eigenvalue weighted by molar-refractivity contribution is 5.83. The van der Waals surface area contributed by atoms with Gasteiger partial charge in [-0.05, 0) is 19.3 Å². The number of ether oxygens (including phenoxy) is 2. The molecule has 1 amide bonds. The van der Waals surface area contributed by atoms with E-state index < -0.39 is 5.41 Å². The van der Waals surface area contributed by atoms with Gasteiger partial charge in [0, 0.05) is 43.7 Å². The minimum absolute atomic E-state index is 0.0256. The summed E-state index contributed by atoms with van der Waals surface area (Å²) >= 11 is 0. The van der Waals surface area contributed by atoms with Crippen LogP contribution in [0.25, 0.3) is 0 Å². The molecule has 0 radical (unpaired) electrons. The molecule has 0 bridgehead atoms. The molecule has 3 aliphatic rings. The Morgan fingerprint density at radius 1 is 1.30 bits per heavy atom. The van der Waals surface area contributed by atoms with Gasteiger partial charge < -0.3 is 20.5 Å². The van der Waals surface area contributed by atoms with Crippen LogP contribution in [0.1, 0.15) is 33.1 Å². The standard InChI is InChI=1S/C15H26N2O3/c1-14(2)11(10-3-6-20-12(10)14)17-13(18)15(9-16)4-7-19-8-5-15/h10-12H,3-9,16H2,1-2H3,(H,17,18). The van der Waals surface area contributed by atoms with E-state index >= 15 is 0 Å². The molecule has 0 aromatic heterocycles. The molecule has 3 N–H and O–H groups in total. The average molecular weight is 282 g/mol. The number of amides is 1. The minimum atomic E-state index is -0.432. The summed E-state index contributed by atoms with van der Waals surface area (Å²) in [4.78, 5) is 12.7. The third kappa shape index (κ3) is 1.98. The molecule has 3 fully saturated rings. The molecule has 114 valence electrons. The van der Waals surface area contributed by atoms with Crippen LogP contribution in [0.3, 0.4) is 0 Å². The highest BCUT2D eigenvalue weighted by Crippen LogP contribution is 2.52. The Hall–Kier alpha value is -0.650. The molecule has 3 unspecified atom stereocenters. The molecule has 1 saturated carbocycles. The van der Waals surface area contributed by atoms with E-state index in [4.69, 9.17) is 15.2 Å². The first kappa shape index (κ1) is 14.3. The fourth-order valence-electron chi connectivity index (χ4n) is 4.20. The number of carbonyl (C=O) groups is 1. The van der Waals surface area contributed by atoms with Crippen LogP contribution in [0, 0.1) is 16.7 Å². The maximum absolute atomic E-state index is 12.7. The van der Waals surface area contributed by atoms with Crippen molar-refractivity contribution in [2.75, 3.05) is 26.4 Å². The summed E-state index contributed by atoms with van der Waals surface area (Å²) in [6.07, 6.45) is 2.81. The molecule has 2 aliphatic heterocycles. The Kier molecular flexibility index (Phi) is 3.55. The van der Waals surface area contributed by atoms with Gasteiger partial charge in [0.25, 0.3) is 0 Å². The van der Waals surface area contributed by atoms with E-state index in [2.05, 4.69) is 19.2 Å². The van der Waals surface area contributed by atoms with Crippen LogP contribution in [0.4, 0.5) is 0 Å². The maximum Gasteiger partial charge on any atom is 0.227 e. The highest BCUT2D eigenvalue weighted by atomic mass is 16.5. The normalized spacial score (nSPS) is 37.9. The third-order valence-corrected chi connectivity index (χ3v) is 5.71. The van der Waals surface area contributed by atoms with Gasteiger partial charge in [-0.2, -0.15) is 0 Å². The summed E-state index contributed by atoms with van der Waals surface area (Å²) in [7, 11) is 0. The van der Waals surface area contributed by atoms with Crippen molar-refractivity contribution in [2.24, 2.45) is 22.5 Å². The molecule has 1 aliphatic carbocycles. The van der Waals surface area contributed by atoms with Crippen LogP contribution < -0.4 is 11.1 Å². The monoisotopic (exact) mass is 282 g/mol. The number of carbonyl (C=O) groups excluding carboxylic acids is 1. The highest BCUT2D eigenvalue weighted by Gasteiger charge is 2.60. The van der Waals surface area contributed by atoms with Gasteiger partial charge in [-0.15, -0.1) is 0 Å². The van der Waals surface area contributed by atoms with Gasteiger partial charge in [-0.1, -0.05) is 13.8 Å². The largest absolute Gasteiger partial charge is 0.381 e. The number of hydrogen-bond donors (Lipinski definition) is 2. The second-order valence-electron chi connectivity index (χ2n) is 7.11. The molecule has 0 aromatic carbocycles. The molecule has 20 heavy (non-hydrogen) atoms. The van der Waals surface area contributed by atoms with Gasteiger partial charge in [-0.3, -0.25) is 4.79 Å². The van der Waals surface area contributed by atoms with Gasteiger partial charge >= 0.3 is 0 Å². The maximum atomic E-state index is 12.7. The lowest BCUT2D eigenvalue weighted by Gasteiger charge is -2.55. The van der Waals surface area contributed by atoms with Crippen molar-refractivity contribution < 1.29 is 14.3 Å². The molecule has 5 nitrogen and oxygen atoms in total. The van der Waals surface area contributed by atoms with Gasteiger partial charge in [0.1, 0.15) is 0 Å². The average Bonchev–Trinajstić information content (AvgIpc) is 2.92. The first-order valence-electron chi connectivity index (χ1n) is 7.72. The molecular formula is C15H26N2O3. The molecule has 0 aromatic rings. The number of nitrogens with two attached hydrogens (primary N) is 1. The van der Waals surface area contributed by atoms with Gasteiger partial charge in [-0.25, -0.2) is 0 Å². The van der Waals surface area contributed by atoms with Gasteiger partial charge in [0.05, 0.1) is 11.5 Å². The molecule has 2 heterocycles. The zero-order valence-corrected chi connectivity index (χ0v) is 12.5. The van der Waals surface area contributed by atoms with Gasteiger partial charge in [0.15, 0.2) is 0 Å². The predicted molar refractivity (Wildman–Crippen MR) is 75.1 cm³/mol. The fourth-order valence-corrected chi connectivity index (χ4v) is 4.20.